The number of unbranched alkanes of at least 4 members (excludes halogenated alkanes) is 29. The van der Waals surface area contributed by atoms with Crippen molar-refractivity contribution in [2.45, 2.75) is 336 Å². The molecule has 518 valence electrons. The molecule has 0 aromatic carbocycles. The van der Waals surface area contributed by atoms with Gasteiger partial charge >= 0.3 is 39.5 Å². The van der Waals surface area contributed by atoms with Gasteiger partial charge in [-0.05, 0) is 69.1 Å². The molecule has 0 aromatic rings. The van der Waals surface area contributed by atoms with E-state index in [-0.39, 0.29) is 25.7 Å². The molecule has 3 N–H and O–H groups in total. The van der Waals surface area contributed by atoms with Gasteiger partial charge in [-0.25, -0.2) is 9.13 Å². The largest absolute Gasteiger partial charge is 0.472 e. The third-order valence-corrected chi connectivity index (χ3v) is 17.5. The molecule has 0 spiro atoms. The molecule has 0 radical (unpaired) electrons. The van der Waals surface area contributed by atoms with E-state index >= 15 is 0 Å². The highest BCUT2D eigenvalue weighted by Gasteiger charge is 2.30. The number of esters is 4. The molecule has 0 saturated heterocycles. The summed E-state index contributed by atoms with van der Waals surface area (Å²) in [6.45, 7) is 11.7. The third-order valence-electron chi connectivity index (χ3n) is 15.6. The molecule has 17 nitrogen and oxygen atoms in total. The first-order valence-electron chi connectivity index (χ1n) is 35.2. The zero-order chi connectivity index (χ0) is 65.2. The lowest BCUT2D eigenvalue weighted by Crippen LogP contribution is -2.30. The second-order valence-corrected chi connectivity index (χ2v) is 28.3. The summed E-state index contributed by atoms with van der Waals surface area (Å²) in [5.74, 6) is 0.0258. The summed E-state index contributed by atoms with van der Waals surface area (Å²) in [5.41, 5.74) is 0. The second kappa shape index (κ2) is 59.5. The number of carbonyl (C=O) groups excluding carboxylic acids is 4. The van der Waals surface area contributed by atoms with Crippen molar-refractivity contribution in [1.29, 1.82) is 0 Å². The van der Waals surface area contributed by atoms with Gasteiger partial charge in [-0.15, -0.1) is 0 Å². The van der Waals surface area contributed by atoms with E-state index in [1.165, 1.54) is 109 Å². The van der Waals surface area contributed by atoms with Crippen LogP contribution in [0.1, 0.15) is 318 Å². The first-order chi connectivity index (χ1) is 42.3. The second-order valence-electron chi connectivity index (χ2n) is 25.4. The lowest BCUT2D eigenvalue weighted by atomic mass is 10.00. The fourth-order valence-corrected chi connectivity index (χ4v) is 11.4. The van der Waals surface area contributed by atoms with Crippen molar-refractivity contribution in [2.24, 2.45) is 17.8 Å². The van der Waals surface area contributed by atoms with Gasteiger partial charge in [0.15, 0.2) is 12.2 Å². The number of allylic oxidation sites excluding steroid dienone is 4. The van der Waals surface area contributed by atoms with Crippen LogP contribution >= 0.6 is 15.6 Å². The molecule has 4 unspecified atom stereocenters. The van der Waals surface area contributed by atoms with Gasteiger partial charge < -0.3 is 33.8 Å². The third kappa shape index (κ3) is 61.1. The number of aliphatic hydroxyl groups is 1. The summed E-state index contributed by atoms with van der Waals surface area (Å²) in [5, 5.41) is 10.6. The number of phosphoric acid groups is 2. The Morgan fingerprint density at radius 2 is 0.670 bits per heavy atom. The fraction of sp³-hybridized carbons (Fsp3) is 0.884. The number of rotatable bonds is 65. The van der Waals surface area contributed by atoms with E-state index in [0.717, 1.165) is 127 Å². The maximum Gasteiger partial charge on any atom is 0.472 e. The Morgan fingerprint density at radius 1 is 0.375 bits per heavy atom. The Balaban J connectivity index is 5.30. The molecule has 0 heterocycles. The van der Waals surface area contributed by atoms with Crippen molar-refractivity contribution in [2.75, 3.05) is 39.6 Å². The summed E-state index contributed by atoms with van der Waals surface area (Å²) in [6.07, 6.45) is 45.3. The van der Waals surface area contributed by atoms with Crippen molar-refractivity contribution >= 4 is 39.5 Å². The molecule has 0 bridgehead atoms. The maximum atomic E-state index is 13.0. The Labute approximate surface area is 535 Å². The van der Waals surface area contributed by atoms with Crippen molar-refractivity contribution in [1.82, 2.24) is 0 Å². The monoisotopic (exact) mass is 1290 g/mol. The summed E-state index contributed by atoms with van der Waals surface area (Å²) >= 11 is 0. The number of carbonyl (C=O) groups is 4. The molecule has 0 amide bonds. The van der Waals surface area contributed by atoms with Crippen molar-refractivity contribution < 1.29 is 80.2 Å². The Hall–Kier alpha value is -2.46. The highest BCUT2D eigenvalue weighted by Crippen LogP contribution is 2.45. The molecule has 19 heteroatoms. The van der Waals surface area contributed by atoms with E-state index in [0.29, 0.717) is 25.7 Å². The highest BCUT2D eigenvalue weighted by molar-refractivity contribution is 7.47. The Kier molecular flexibility index (Phi) is 57.9. The summed E-state index contributed by atoms with van der Waals surface area (Å²) in [4.78, 5) is 72.4. The number of aliphatic hydroxyl groups excluding tert-OH is 1. The standard InChI is InChI=1S/C69H130O17P2/c1-8-10-11-12-13-14-15-16-17-18-19-22-29-38-45-52-68(73)86-65(57-80-67(72)51-44-37-32-31-35-42-49-62(7)9-2)59-84-88(77,78)82-55-63(70)54-81-87(75,76)83-58-64(56-79-66(71)50-43-36-28-25-24-27-34-41-48-61(5)6)85-69(74)53-46-39-30-23-20-21-26-33-40-47-60(3)4/h14-17,60-65,70H,8-13,18-59H2,1-7H3,(H,75,76)(H,77,78)/b15-14-,17-16-/t62?,63?,64-,65-/m1/s1. The average molecular weight is 1290 g/mol. The predicted molar refractivity (Wildman–Crippen MR) is 354 cm³/mol. The number of hydrogen-bond acceptors (Lipinski definition) is 15. The van der Waals surface area contributed by atoms with E-state index in [2.05, 4.69) is 72.8 Å². The molecule has 0 aliphatic heterocycles. The molecule has 0 aliphatic carbocycles. The zero-order valence-corrected chi connectivity index (χ0v) is 58.5. The Morgan fingerprint density at radius 3 is 1.01 bits per heavy atom. The van der Waals surface area contributed by atoms with Gasteiger partial charge in [-0.3, -0.25) is 37.3 Å². The minimum Gasteiger partial charge on any atom is -0.462 e. The first kappa shape index (κ1) is 85.5. The fourth-order valence-electron chi connectivity index (χ4n) is 9.79. The van der Waals surface area contributed by atoms with Crippen LogP contribution in [0, 0.1) is 17.8 Å². The van der Waals surface area contributed by atoms with Gasteiger partial charge in [-0.2, -0.15) is 0 Å². The summed E-state index contributed by atoms with van der Waals surface area (Å²) in [7, 11) is -9.91. The van der Waals surface area contributed by atoms with Crippen molar-refractivity contribution in [3.8, 4) is 0 Å². The van der Waals surface area contributed by atoms with Crippen LogP contribution in [0.3, 0.4) is 0 Å². The molecule has 88 heavy (non-hydrogen) atoms. The summed E-state index contributed by atoms with van der Waals surface area (Å²) in [6, 6.07) is 0. The zero-order valence-electron chi connectivity index (χ0n) is 56.7. The molecular formula is C69H130O17P2. The first-order valence-corrected chi connectivity index (χ1v) is 38.2. The van der Waals surface area contributed by atoms with Crippen molar-refractivity contribution in [3.63, 3.8) is 0 Å². The van der Waals surface area contributed by atoms with Crippen LogP contribution in [-0.4, -0.2) is 96.7 Å². The van der Waals surface area contributed by atoms with Crippen LogP contribution in [-0.2, 0) is 65.4 Å². The molecule has 0 rings (SSSR count). The smallest absolute Gasteiger partial charge is 0.462 e. The van der Waals surface area contributed by atoms with E-state index in [9.17, 15) is 43.2 Å². The molecule has 6 atom stereocenters. The number of phosphoric ester groups is 2. The topological polar surface area (TPSA) is 237 Å². The van der Waals surface area contributed by atoms with Crippen LogP contribution in [0.2, 0.25) is 0 Å². The van der Waals surface area contributed by atoms with Crippen LogP contribution in [0.4, 0.5) is 0 Å². The quantitative estimate of drug-likeness (QED) is 0.0169. The van der Waals surface area contributed by atoms with Crippen LogP contribution in [0.5, 0.6) is 0 Å². The van der Waals surface area contributed by atoms with Gasteiger partial charge in [0, 0.05) is 25.7 Å². The van der Waals surface area contributed by atoms with E-state index < -0.39 is 97.5 Å². The number of ether oxygens (including phenoxy) is 4. The van der Waals surface area contributed by atoms with Gasteiger partial charge in [0.25, 0.3) is 0 Å². The van der Waals surface area contributed by atoms with E-state index in [1.54, 1.807) is 0 Å². The molecular weight excluding hydrogens is 1160 g/mol. The lowest BCUT2D eigenvalue weighted by molar-refractivity contribution is -0.161. The van der Waals surface area contributed by atoms with Gasteiger partial charge in [-0.1, -0.05) is 265 Å². The van der Waals surface area contributed by atoms with E-state index in [4.69, 9.17) is 37.0 Å². The van der Waals surface area contributed by atoms with Crippen LogP contribution in [0.25, 0.3) is 0 Å². The average Bonchev–Trinajstić information content (AvgIpc) is 3.57. The Bertz CT molecular complexity index is 1830. The summed E-state index contributed by atoms with van der Waals surface area (Å²) < 4.78 is 68.2. The van der Waals surface area contributed by atoms with Gasteiger partial charge in [0.05, 0.1) is 26.4 Å². The normalized spacial score (nSPS) is 14.7. The van der Waals surface area contributed by atoms with Crippen LogP contribution < -0.4 is 0 Å². The molecule has 0 aliphatic rings. The van der Waals surface area contributed by atoms with Gasteiger partial charge in [0.2, 0.25) is 0 Å². The minimum absolute atomic E-state index is 0.0835. The van der Waals surface area contributed by atoms with Gasteiger partial charge in [0.1, 0.15) is 19.3 Å². The predicted octanol–water partition coefficient (Wildman–Crippen LogP) is 19.0. The van der Waals surface area contributed by atoms with Crippen LogP contribution in [0.15, 0.2) is 24.3 Å². The van der Waals surface area contributed by atoms with Crippen molar-refractivity contribution in [3.05, 3.63) is 24.3 Å². The molecule has 0 fully saturated rings. The number of hydrogen-bond donors (Lipinski definition) is 3. The maximum absolute atomic E-state index is 13.0. The highest BCUT2D eigenvalue weighted by atomic mass is 31.2. The minimum atomic E-state index is -4.96. The molecule has 0 saturated carbocycles. The SMILES string of the molecule is CCCCCC/C=C\C=C/CCCCCCCC(=O)O[C@H](COC(=O)CCCCCCCCC(C)CC)COP(=O)(O)OCC(O)COP(=O)(O)OC[C@@H](COC(=O)CCCCCCCCCCC(C)C)OC(=O)CCCCCCCCCCCC(C)C. The molecule has 0 aromatic heterocycles. The lowest BCUT2D eigenvalue weighted by Gasteiger charge is -2.21. The van der Waals surface area contributed by atoms with E-state index in [1.807, 2.05) is 0 Å².